The molecule has 1 aliphatic heterocycles. The Balaban J connectivity index is 2.37. The molecule has 2 rings (SSSR count). The third-order valence-electron chi connectivity index (χ3n) is 3.38. The number of thioether (sulfide) groups is 1. The molecule has 7 heteroatoms. The van der Waals surface area contributed by atoms with E-state index in [1.54, 1.807) is 10.4 Å². The summed E-state index contributed by atoms with van der Waals surface area (Å²) in [5, 5.41) is 3.05. The Bertz CT molecular complexity index is 617. The molecule has 0 aromatic heterocycles. The van der Waals surface area contributed by atoms with Crippen molar-refractivity contribution in [1.29, 1.82) is 0 Å². The van der Waals surface area contributed by atoms with Gasteiger partial charge < -0.3 is 5.32 Å². The zero-order chi connectivity index (χ0) is 15.7. The number of nitrogens with zero attached hydrogens (tertiary/aromatic N) is 1. The maximum Gasteiger partial charge on any atom is 0.244 e. The maximum absolute atomic E-state index is 12.9. The zero-order valence-corrected chi connectivity index (χ0v) is 15.7. The maximum atomic E-state index is 12.9. The number of halogens is 1. The molecule has 1 N–H and O–H groups in total. The topological polar surface area (TPSA) is 49.4 Å². The summed E-state index contributed by atoms with van der Waals surface area (Å²) in [5.41, 5.74) is 0.963. The fraction of sp³-hybridized carbons (Fsp3) is 0.571. The van der Waals surface area contributed by atoms with Crippen molar-refractivity contribution >= 4 is 37.7 Å². The highest BCUT2D eigenvalue weighted by molar-refractivity contribution is 9.10. The van der Waals surface area contributed by atoms with Gasteiger partial charge in [0.15, 0.2) is 0 Å². The van der Waals surface area contributed by atoms with Crippen LogP contribution in [0.3, 0.4) is 0 Å². The van der Waals surface area contributed by atoms with Crippen molar-refractivity contribution in [3.63, 3.8) is 0 Å². The number of sulfonamides is 1. The minimum absolute atomic E-state index is 0.0413. The molecule has 0 spiro atoms. The highest BCUT2D eigenvalue weighted by atomic mass is 79.9. The van der Waals surface area contributed by atoms with E-state index in [9.17, 15) is 8.42 Å². The fourth-order valence-corrected chi connectivity index (χ4v) is 6.26. The van der Waals surface area contributed by atoms with Gasteiger partial charge in [-0.1, -0.05) is 6.07 Å². The van der Waals surface area contributed by atoms with Gasteiger partial charge in [0.1, 0.15) is 0 Å². The van der Waals surface area contributed by atoms with Gasteiger partial charge in [0.25, 0.3) is 0 Å². The van der Waals surface area contributed by atoms with Crippen molar-refractivity contribution in [2.24, 2.45) is 0 Å². The van der Waals surface area contributed by atoms with Crippen LogP contribution in [0.5, 0.6) is 0 Å². The van der Waals surface area contributed by atoms with Crippen LogP contribution in [0.1, 0.15) is 19.4 Å². The lowest BCUT2D eigenvalue weighted by Gasteiger charge is -2.36. The van der Waals surface area contributed by atoms with Crippen LogP contribution in [-0.4, -0.2) is 43.4 Å². The van der Waals surface area contributed by atoms with Crippen molar-refractivity contribution in [1.82, 2.24) is 9.62 Å². The average Bonchev–Trinajstić information content (AvgIpc) is 2.40. The molecular weight excluding hydrogens is 372 g/mol. The van der Waals surface area contributed by atoms with Gasteiger partial charge in [0.05, 0.1) is 4.90 Å². The Morgan fingerprint density at radius 2 is 2.14 bits per heavy atom. The van der Waals surface area contributed by atoms with E-state index < -0.39 is 10.0 Å². The van der Waals surface area contributed by atoms with Gasteiger partial charge in [0.2, 0.25) is 10.0 Å². The first-order chi connectivity index (χ1) is 9.76. The SMILES string of the molecule is CNCc1ccc(Br)c(S(=O)(=O)N2CCSC(C)(C)C2)c1. The van der Waals surface area contributed by atoms with Crippen molar-refractivity contribution in [3.05, 3.63) is 28.2 Å². The Morgan fingerprint density at radius 3 is 2.76 bits per heavy atom. The largest absolute Gasteiger partial charge is 0.316 e. The van der Waals surface area contributed by atoms with Crippen LogP contribution in [0.4, 0.5) is 0 Å². The summed E-state index contributed by atoms with van der Waals surface area (Å²) in [6.45, 7) is 5.94. The number of hydrogen-bond donors (Lipinski definition) is 1. The molecule has 0 aliphatic carbocycles. The monoisotopic (exact) mass is 392 g/mol. The average molecular weight is 393 g/mol. The number of hydrogen-bond acceptors (Lipinski definition) is 4. The standard InChI is InChI=1S/C14H21BrN2O2S2/c1-14(2)10-17(6-7-20-14)21(18,19)13-8-11(9-16-3)4-5-12(13)15/h4-5,8,16H,6-7,9-10H2,1-3H3. The van der Waals surface area contributed by atoms with E-state index >= 15 is 0 Å². The van der Waals surface area contributed by atoms with Crippen LogP contribution >= 0.6 is 27.7 Å². The van der Waals surface area contributed by atoms with Crippen LogP contribution in [0.2, 0.25) is 0 Å². The van der Waals surface area contributed by atoms with E-state index in [0.29, 0.717) is 29.0 Å². The third kappa shape index (κ3) is 4.01. The number of rotatable bonds is 4. The van der Waals surface area contributed by atoms with Crippen molar-refractivity contribution < 1.29 is 8.42 Å². The Hall–Kier alpha value is -0.0800. The molecule has 1 saturated heterocycles. The second-order valence-corrected chi connectivity index (χ2v) is 10.3. The summed E-state index contributed by atoms with van der Waals surface area (Å²) in [6.07, 6.45) is 0. The van der Waals surface area contributed by atoms with Crippen LogP contribution in [0, 0.1) is 0 Å². The lowest BCUT2D eigenvalue weighted by molar-refractivity contribution is 0.387. The molecule has 0 amide bonds. The minimum Gasteiger partial charge on any atom is -0.316 e. The Labute approximate surface area is 139 Å². The molecule has 4 nitrogen and oxygen atoms in total. The Kier molecular flexibility index (Phi) is 5.41. The lowest BCUT2D eigenvalue weighted by atomic mass is 10.2. The highest BCUT2D eigenvalue weighted by Crippen LogP contribution is 2.34. The van der Waals surface area contributed by atoms with E-state index in [2.05, 4.69) is 35.1 Å². The highest BCUT2D eigenvalue weighted by Gasteiger charge is 2.35. The lowest BCUT2D eigenvalue weighted by Crippen LogP contribution is -2.46. The third-order valence-corrected chi connectivity index (χ3v) is 7.52. The van der Waals surface area contributed by atoms with Crippen LogP contribution in [0.15, 0.2) is 27.6 Å². The molecule has 0 saturated carbocycles. The smallest absolute Gasteiger partial charge is 0.244 e. The molecule has 1 aliphatic rings. The number of benzene rings is 1. The zero-order valence-electron chi connectivity index (χ0n) is 12.5. The quantitative estimate of drug-likeness (QED) is 0.855. The first-order valence-electron chi connectivity index (χ1n) is 6.83. The van der Waals surface area contributed by atoms with Crippen LogP contribution < -0.4 is 5.32 Å². The number of nitrogens with one attached hydrogen (secondary N) is 1. The fourth-order valence-electron chi connectivity index (χ4n) is 2.38. The molecule has 0 bridgehead atoms. The minimum atomic E-state index is -3.46. The molecule has 1 heterocycles. The van der Waals surface area contributed by atoms with Gasteiger partial charge in [-0.25, -0.2) is 8.42 Å². The van der Waals surface area contributed by atoms with Crippen molar-refractivity contribution in [3.8, 4) is 0 Å². The van der Waals surface area contributed by atoms with Crippen LogP contribution in [0.25, 0.3) is 0 Å². The summed E-state index contributed by atoms with van der Waals surface area (Å²) >= 11 is 5.20. The molecular formula is C14H21BrN2O2S2. The van der Waals surface area contributed by atoms with Crippen LogP contribution in [-0.2, 0) is 16.6 Å². The van der Waals surface area contributed by atoms with E-state index in [-0.39, 0.29) is 4.75 Å². The van der Waals surface area contributed by atoms with Gasteiger partial charge in [0, 0.05) is 34.6 Å². The van der Waals surface area contributed by atoms with Gasteiger partial charge in [-0.2, -0.15) is 16.1 Å². The summed E-state index contributed by atoms with van der Waals surface area (Å²) in [7, 11) is -1.61. The summed E-state index contributed by atoms with van der Waals surface area (Å²) in [4.78, 5) is 0.359. The van der Waals surface area contributed by atoms with Gasteiger partial charge in [-0.15, -0.1) is 0 Å². The van der Waals surface area contributed by atoms with Gasteiger partial charge >= 0.3 is 0 Å². The molecule has 1 aromatic rings. The molecule has 21 heavy (non-hydrogen) atoms. The van der Waals surface area contributed by atoms with E-state index in [0.717, 1.165) is 11.3 Å². The normalized spacial score (nSPS) is 19.6. The summed E-state index contributed by atoms with van der Waals surface area (Å²) in [6, 6.07) is 5.49. The Morgan fingerprint density at radius 1 is 1.43 bits per heavy atom. The predicted molar refractivity (Wildman–Crippen MR) is 92.2 cm³/mol. The molecule has 118 valence electrons. The first kappa shape index (κ1) is 17.3. The molecule has 1 fully saturated rings. The van der Waals surface area contributed by atoms with Gasteiger partial charge in [-0.3, -0.25) is 0 Å². The second kappa shape index (κ2) is 6.58. The van der Waals surface area contributed by atoms with Gasteiger partial charge in [-0.05, 0) is 54.5 Å². The molecule has 0 radical (unpaired) electrons. The predicted octanol–water partition coefficient (Wildman–Crippen LogP) is 2.68. The van der Waals surface area contributed by atoms with Crippen molar-refractivity contribution in [2.45, 2.75) is 30.0 Å². The van der Waals surface area contributed by atoms with Crippen molar-refractivity contribution in [2.75, 3.05) is 25.9 Å². The summed E-state index contributed by atoms with van der Waals surface area (Å²) in [5.74, 6) is 0.833. The van der Waals surface area contributed by atoms with E-state index in [1.807, 2.05) is 30.9 Å². The molecule has 0 unspecified atom stereocenters. The molecule has 1 aromatic carbocycles. The summed E-state index contributed by atoms with van der Waals surface area (Å²) < 4.78 is 28.0. The molecule has 0 atom stereocenters. The second-order valence-electron chi connectivity index (χ2n) is 5.74. The van der Waals surface area contributed by atoms with E-state index in [1.165, 1.54) is 0 Å². The first-order valence-corrected chi connectivity index (χ1v) is 10.1. The van der Waals surface area contributed by atoms with E-state index in [4.69, 9.17) is 0 Å².